The monoisotopic (exact) mass is 320 g/mol. The second-order valence-electron chi connectivity index (χ2n) is 4.00. The number of thiophene rings is 1. The number of anilines is 1. The molecule has 0 aliphatic heterocycles. The Morgan fingerprint density at radius 1 is 1.35 bits per heavy atom. The van der Waals surface area contributed by atoms with Crippen LogP contribution in [0.1, 0.15) is 41.1 Å². The Bertz CT molecular complexity index is 474. The summed E-state index contributed by atoms with van der Waals surface area (Å²) < 4.78 is 5.06. The third-order valence-corrected chi connectivity index (χ3v) is 3.73. The van der Waals surface area contributed by atoms with Gasteiger partial charge < -0.3 is 15.8 Å². The molecule has 3 N–H and O–H groups in total. The molecule has 0 atom stereocenters. The van der Waals surface area contributed by atoms with Crippen LogP contribution in [0, 0.1) is 6.92 Å². The first-order valence-corrected chi connectivity index (χ1v) is 7.16. The van der Waals surface area contributed by atoms with E-state index in [0.29, 0.717) is 17.2 Å². The Balaban J connectivity index is 0.00000361. The number of nitrogens with two attached hydrogens (primary N) is 1. The molecule has 1 rings (SSSR count). The van der Waals surface area contributed by atoms with Gasteiger partial charge in [-0.1, -0.05) is 6.92 Å². The number of hydrogen-bond acceptors (Lipinski definition) is 5. The number of amides is 1. The molecule has 0 aliphatic rings. The van der Waals surface area contributed by atoms with E-state index in [-0.39, 0.29) is 37.2 Å². The molecule has 1 heterocycles. The van der Waals surface area contributed by atoms with Gasteiger partial charge in [0.1, 0.15) is 5.00 Å². The third-order valence-electron chi connectivity index (χ3n) is 2.67. The van der Waals surface area contributed by atoms with Gasteiger partial charge in [0.15, 0.2) is 0 Å². The van der Waals surface area contributed by atoms with Gasteiger partial charge in [-0.05, 0) is 25.8 Å². The van der Waals surface area contributed by atoms with E-state index in [1.807, 2.05) is 13.8 Å². The summed E-state index contributed by atoms with van der Waals surface area (Å²) in [6.45, 7) is 6.27. The van der Waals surface area contributed by atoms with Gasteiger partial charge >= 0.3 is 5.97 Å². The standard InChI is InChI=1S/C13H20N2O3S.ClH/c1-4-9-8(3)19-12(15-10(16)6-7-14)11(9)13(17)18-5-2;/h4-7,14H2,1-3H3,(H,15,16);1H. The van der Waals surface area contributed by atoms with E-state index in [2.05, 4.69) is 5.32 Å². The lowest BCUT2D eigenvalue weighted by atomic mass is 10.1. The molecular formula is C13H21ClN2O3S. The van der Waals surface area contributed by atoms with Gasteiger partial charge in [-0.2, -0.15) is 0 Å². The molecule has 5 nitrogen and oxygen atoms in total. The Labute approximate surface area is 129 Å². The molecule has 1 aromatic rings. The van der Waals surface area contributed by atoms with Gasteiger partial charge in [0.05, 0.1) is 12.2 Å². The second-order valence-corrected chi connectivity index (χ2v) is 5.23. The zero-order valence-electron chi connectivity index (χ0n) is 11.9. The maximum Gasteiger partial charge on any atom is 0.341 e. The normalized spacial score (nSPS) is 9.80. The van der Waals surface area contributed by atoms with Crippen LogP contribution in [0.3, 0.4) is 0 Å². The van der Waals surface area contributed by atoms with Crippen LogP contribution in [0.4, 0.5) is 5.00 Å². The van der Waals surface area contributed by atoms with Crippen molar-refractivity contribution in [3.05, 3.63) is 16.0 Å². The van der Waals surface area contributed by atoms with Crippen molar-refractivity contribution in [2.45, 2.75) is 33.6 Å². The molecule has 0 saturated carbocycles. The van der Waals surface area contributed by atoms with E-state index in [1.54, 1.807) is 6.92 Å². The average Bonchev–Trinajstić information content (AvgIpc) is 2.65. The maximum atomic E-state index is 12.0. The number of hydrogen-bond donors (Lipinski definition) is 2. The lowest BCUT2D eigenvalue weighted by Crippen LogP contribution is -2.18. The summed E-state index contributed by atoms with van der Waals surface area (Å²) in [7, 11) is 0. The summed E-state index contributed by atoms with van der Waals surface area (Å²) in [4.78, 5) is 24.6. The van der Waals surface area contributed by atoms with E-state index in [9.17, 15) is 9.59 Å². The number of carbonyl (C=O) groups is 2. The summed E-state index contributed by atoms with van der Waals surface area (Å²) in [5.74, 6) is -0.566. The minimum absolute atomic E-state index is 0. The van der Waals surface area contributed by atoms with Crippen LogP contribution in [-0.2, 0) is 16.0 Å². The fraction of sp³-hybridized carbons (Fsp3) is 0.538. The largest absolute Gasteiger partial charge is 0.462 e. The first-order valence-electron chi connectivity index (χ1n) is 6.34. The quantitative estimate of drug-likeness (QED) is 0.789. The maximum absolute atomic E-state index is 12.0. The van der Waals surface area contributed by atoms with E-state index < -0.39 is 0 Å². The first-order chi connectivity index (χ1) is 9.04. The molecule has 1 amide bonds. The molecular weight excluding hydrogens is 300 g/mol. The van der Waals surface area contributed by atoms with E-state index in [1.165, 1.54) is 11.3 Å². The molecule has 0 saturated heterocycles. The molecule has 0 unspecified atom stereocenters. The fourth-order valence-corrected chi connectivity index (χ4v) is 2.98. The highest BCUT2D eigenvalue weighted by atomic mass is 35.5. The number of esters is 1. The first kappa shape index (κ1) is 18.9. The number of carbonyl (C=O) groups excluding carboxylic acids is 2. The molecule has 0 fully saturated rings. The van der Waals surface area contributed by atoms with Crippen LogP contribution in [0.5, 0.6) is 0 Å². The van der Waals surface area contributed by atoms with Crippen molar-refractivity contribution in [3.8, 4) is 0 Å². The average molecular weight is 321 g/mol. The Morgan fingerprint density at radius 2 is 2.00 bits per heavy atom. The van der Waals surface area contributed by atoms with Gasteiger partial charge in [0, 0.05) is 17.8 Å². The molecule has 0 spiro atoms. The molecule has 0 aromatic carbocycles. The van der Waals surface area contributed by atoms with E-state index in [0.717, 1.165) is 16.9 Å². The van der Waals surface area contributed by atoms with Crippen molar-refractivity contribution < 1.29 is 14.3 Å². The number of aryl methyl sites for hydroxylation is 1. The van der Waals surface area contributed by atoms with Gasteiger partial charge in [-0.3, -0.25) is 4.79 Å². The summed E-state index contributed by atoms with van der Waals surface area (Å²) in [6.07, 6.45) is 0.962. The highest BCUT2D eigenvalue weighted by Crippen LogP contribution is 2.34. The van der Waals surface area contributed by atoms with Crippen molar-refractivity contribution >= 4 is 40.6 Å². The van der Waals surface area contributed by atoms with Crippen LogP contribution in [0.2, 0.25) is 0 Å². The summed E-state index contributed by atoms with van der Waals surface area (Å²) in [6, 6.07) is 0. The predicted octanol–water partition coefficient (Wildman–Crippen LogP) is 2.50. The number of ether oxygens (including phenoxy) is 1. The minimum Gasteiger partial charge on any atom is -0.462 e. The second kappa shape index (κ2) is 8.94. The number of halogens is 1. The van der Waals surface area contributed by atoms with Crippen molar-refractivity contribution in [3.63, 3.8) is 0 Å². The van der Waals surface area contributed by atoms with Crippen molar-refractivity contribution in [1.29, 1.82) is 0 Å². The zero-order valence-corrected chi connectivity index (χ0v) is 13.6. The van der Waals surface area contributed by atoms with Gasteiger partial charge in [0.2, 0.25) is 5.91 Å². The SMILES string of the molecule is CCOC(=O)c1c(NC(=O)CCN)sc(C)c1CC.Cl. The molecule has 114 valence electrons. The molecule has 1 aromatic heterocycles. The molecule has 0 radical (unpaired) electrons. The van der Waals surface area contributed by atoms with Crippen LogP contribution >= 0.6 is 23.7 Å². The summed E-state index contributed by atoms with van der Waals surface area (Å²) >= 11 is 1.40. The topological polar surface area (TPSA) is 81.4 Å². The van der Waals surface area contributed by atoms with Gasteiger partial charge in [0.25, 0.3) is 0 Å². The smallest absolute Gasteiger partial charge is 0.341 e. The fourth-order valence-electron chi connectivity index (χ4n) is 1.83. The van der Waals surface area contributed by atoms with E-state index in [4.69, 9.17) is 10.5 Å². The van der Waals surface area contributed by atoms with Crippen molar-refractivity contribution in [1.82, 2.24) is 0 Å². The lowest BCUT2D eigenvalue weighted by Gasteiger charge is -2.07. The minimum atomic E-state index is -0.383. The Morgan fingerprint density at radius 3 is 2.50 bits per heavy atom. The van der Waals surface area contributed by atoms with Crippen LogP contribution < -0.4 is 11.1 Å². The van der Waals surface area contributed by atoms with Crippen molar-refractivity contribution in [2.75, 3.05) is 18.5 Å². The lowest BCUT2D eigenvalue weighted by molar-refractivity contribution is -0.116. The van der Waals surface area contributed by atoms with Gasteiger partial charge in [-0.15, -0.1) is 23.7 Å². The van der Waals surface area contributed by atoms with Crippen molar-refractivity contribution in [2.24, 2.45) is 5.73 Å². The van der Waals surface area contributed by atoms with Gasteiger partial charge in [-0.25, -0.2) is 4.79 Å². The predicted molar refractivity (Wildman–Crippen MR) is 83.9 cm³/mol. The Hall–Kier alpha value is -1.11. The number of rotatable bonds is 6. The molecule has 0 bridgehead atoms. The zero-order chi connectivity index (χ0) is 14.4. The van der Waals surface area contributed by atoms with Crippen LogP contribution in [-0.4, -0.2) is 25.0 Å². The summed E-state index contributed by atoms with van der Waals surface area (Å²) in [5, 5.41) is 3.31. The van der Waals surface area contributed by atoms with Crippen LogP contribution in [0.15, 0.2) is 0 Å². The highest BCUT2D eigenvalue weighted by molar-refractivity contribution is 7.16. The molecule has 0 aliphatic carbocycles. The molecule has 7 heteroatoms. The van der Waals surface area contributed by atoms with Crippen LogP contribution in [0.25, 0.3) is 0 Å². The third kappa shape index (κ3) is 4.47. The Kier molecular flexibility index (Phi) is 8.45. The number of nitrogens with one attached hydrogen (secondary N) is 1. The summed E-state index contributed by atoms with van der Waals surface area (Å²) in [5.41, 5.74) is 6.76. The molecule has 20 heavy (non-hydrogen) atoms. The van der Waals surface area contributed by atoms with E-state index >= 15 is 0 Å². The highest BCUT2D eigenvalue weighted by Gasteiger charge is 2.23.